The number of urea groups is 1. The molecule has 31 heavy (non-hydrogen) atoms. The van der Waals surface area contributed by atoms with Gasteiger partial charge in [-0.25, -0.2) is 24.4 Å². The fourth-order valence-corrected chi connectivity index (χ4v) is 3.38. The number of benzene rings is 1. The van der Waals surface area contributed by atoms with Crippen molar-refractivity contribution in [3.05, 3.63) is 48.8 Å². The van der Waals surface area contributed by atoms with Gasteiger partial charge in [0.2, 0.25) is 0 Å². The number of anilines is 1. The number of methoxy groups -OCH3 is 2. The molecule has 11 heteroatoms. The Kier molecular flexibility index (Phi) is 6.11. The minimum Gasteiger partial charge on any atom is -0.493 e. The van der Waals surface area contributed by atoms with Crippen molar-refractivity contribution in [3.8, 4) is 17.3 Å². The SMILES string of the molecule is COc1ccc(CNC(=O)N2CCN(c3cc(-n4cncn4)ncn3)CC2)cc1OC. The molecule has 0 bridgehead atoms. The Morgan fingerprint density at radius 2 is 1.77 bits per heavy atom. The molecule has 0 atom stereocenters. The molecule has 3 aromatic rings. The number of nitrogens with one attached hydrogen (secondary N) is 1. The number of nitrogens with zero attached hydrogens (tertiary/aromatic N) is 7. The highest BCUT2D eigenvalue weighted by Crippen LogP contribution is 2.27. The van der Waals surface area contributed by atoms with E-state index in [1.807, 2.05) is 24.3 Å². The number of rotatable bonds is 6. The lowest BCUT2D eigenvalue weighted by Crippen LogP contribution is -2.51. The quantitative estimate of drug-likeness (QED) is 0.627. The van der Waals surface area contributed by atoms with E-state index in [4.69, 9.17) is 9.47 Å². The number of ether oxygens (including phenoxy) is 2. The molecule has 0 radical (unpaired) electrons. The third-order valence-electron chi connectivity index (χ3n) is 5.07. The molecule has 162 valence electrons. The first-order valence-corrected chi connectivity index (χ1v) is 9.83. The largest absolute Gasteiger partial charge is 0.493 e. The number of piperazine rings is 1. The van der Waals surface area contributed by atoms with Crippen LogP contribution in [0.1, 0.15) is 5.56 Å². The Hall–Kier alpha value is -3.89. The number of aromatic nitrogens is 5. The van der Waals surface area contributed by atoms with Crippen LogP contribution in [-0.4, -0.2) is 76.1 Å². The van der Waals surface area contributed by atoms with Gasteiger partial charge in [-0.15, -0.1) is 0 Å². The third kappa shape index (κ3) is 4.65. The minimum absolute atomic E-state index is 0.0968. The Bertz CT molecular complexity index is 1020. The average Bonchev–Trinajstić information content (AvgIpc) is 3.37. The first-order chi connectivity index (χ1) is 15.2. The average molecular weight is 424 g/mol. The summed E-state index contributed by atoms with van der Waals surface area (Å²) in [5, 5.41) is 7.06. The van der Waals surface area contributed by atoms with Gasteiger partial charge in [-0.05, 0) is 17.7 Å². The Morgan fingerprint density at radius 3 is 2.48 bits per heavy atom. The zero-order valence-electron chi connectivity index (χ0n) is 17.4. The van der Waals surface area contributed by atoms with Crippen molar-refractivity contribution in [2.75, 3.05) is 45.3 Å². The van der Waals surface area contributed by atoms with Gasteiger partial charge in [0.15, 0.2) is 17.3 Å². The molecule has 3 heterocycles. The van der Waals surface area contributed by atoms with Gasteiger partial charge in [-0.1, -0.05) is 6.07 Å². The van der Waals surface area contributed by atoms with E-state index in [1.165, 1.54) is 12.7 Å². The molecule has 2 amide bonds. The van der Waals surface area contributed by atoms with Crippen LogP contribution in [0, 0.1) is 0 Å². The first-order valence-electron chi connectivity index (χ1n) is 9.83. The van der Waals surface area contributed by atoms with E-state index in [0.717, 1.165) is 11.4 Å². The topological polar surface area (TPSA) is 111 Å². The number of hydrogen-bond donors (Lipinski definition) is 1. The van der Waals surface area contributed by atoms with Crippen LogP contribution in [-0.2, 0) is 6.54 Å². The third-order valence-corrected chi connectivity index (χ3v) is 5.07. The zero-order chi connectivity index (χ0) is 21.6. The van der Waals surface area contributed by atoms with Crippen molar-refractivity contribution in [2.45, 2.75) is 6.54 Å². The van der Waals surface area contributed by atoms with Gasteiger partial charge in [0.1, 0.15) is 24.8 Å². The lowest BCUT2D eigenvalue weighted by atomic mass is 10.2. The molecule has 0 unspecified atom stereocenters. The molecule has 11 nitrogen and oxygen atoms in total. The summed E-state index contributed by atoms with van der Waals surface area (Å²) in [6.45, 7) is 2.96. The molecule has 0 saturated carbocycles. The fraction of sp³-hybridized carbons (Fsp3) is 0.350. The minimum atomic E-state index is -0.0968. The van der Waals surface area contributed by atoms with Crippen molar-refractivity contribution in [2.24, 2.45) is 0 Å². The molecule has 0 spiro atoms. The van der Waals surface area contributed by atoms with Crippen molar-refractivity contribution in [3.63, 3.8) is 0 Å². The van der Waals surface area contributed by atoms with Crippen LogP contribution in [0.2, 0.25) is 0 Å². The summed E-state index contributed by atoms with van der Waals surface area (Å²) in [4.78, 5) is 29.1. The Balaban J connectivity index is 1.31. The molecular weight excluding hydrogens is 400 g/mol. The summed E-state index contributed by atoms with van der Waals surface area (Å²) in [5.41, 5.74) is 0.936. The van der Waals surface area contributed by atoms with E-state index in [2.05, 4.69) is 30.3 Å². The Labute approximate surface area is 179 Å². The first kappa shape index (κ1) is 20.4. The predicted molar refractivity (Wildman–Crippen MR) is 113 cm³/mol. The summed E-state index contributed by atoms with van der Waals surface area (Å²) in [5.74, 6) is 2.74. The zero-order valence-corrected chi connectivity index (χ0v) is 17.4. The normalized spacial score (nSPS) is 13.7. The van der Waals surface area contributed by atoms with Gasteiger partial charge in [0.25, 0.3) is 0 Å². The van der Waals surface area contributed by atoms with Gasteiger partial charge in [-0.2, -0.15) is 5.10 Å². The van der Waals surface area contributed by atoms with E-state index < -0.39 is 0 Å². The van der Waals surface area contributed by atoms with Crippen LogP contribution in [0.3, 0.4) is 0 Å². The molecule has 2 aromatic heterocycles. The molecule has 4 rings (SSSR count). The van der Waals surface area contributed by atoms with Crippen LogP contribution in [0.15, 0.2) is 43.2 Å². The van der Waals surface area contributed by atoms with Crippen molar-refractivity contribution < 1.29 is 14.3 Å². The molecular formula is C20H24N8O3. The van der Waals surface area contributed by atoms with E-state index >= 15 is 0 Å². The van der Waals surface area contributed by atoms with E-state index in [0.29, 0.717) is 50.0 Å². The lowest BCUT2D eigenvalue weighted by molar-refractivity contribution is 0.194. The second kappa shape index (κ2) is 9.28. The highest BCUT2D eigenvalue weighted by Gasteiger charge is 2.22. The number of carbonyl (C=O) groups is 1. The molecule has 1 aliphatic rings. The molecule has 1 aromatic carbocycles. The second-order valence-electron chi connectivity index (χ2n) is 6.90. The van der Waals surface area contributed by atoms with E-state index in [9.17, 15) is 4.79 Å². The van der Waals surface area contributed by atoms with Crippen molar-refractivity contribution >= 4 is 11.8 Å². The maximum Gasteiger partial charge on any atom is 0.317 e. The maximum absolute atomic E-state index is 12.6. The van der Waals surface area contributed by atoms with Gasteiger partial charge in [-0.3, -0.25) is 0 Å². The molecule has 1 aliphatic heterocycles. The van der Waals surface area contributed by atoms with Gasteiger partial charge < -0.3 is 24.6 Å². The van der Waals surface area contributed by atoms with E-state index in [-0.39, 0.29) is 6.03 Å². The highest BCUT2D eigenvalue weighted by molar-refractivity contribution is 5.74. The monoisotopic (exact) mass is 424 g/mol. The fourth-order valence-electron chi connectivity index (χ4n) is 3.38. The Morgan fingerprint density at radius 1 is 1.00 bits per heavy atom. The predicted octanol–water partition coefficient (Wildman–Crippen LogP) is 1.11. The highest BCUT2D eigenvalue weighted by atomic mass is 16.5. The summed E-state index contributed by atoms with van der Waals surface area (Å²) in [6.07, 6.45) is 4.56. The summed E-state index contributed by atoms with van der Waals surface area (Å²) >= 11 is 0. The van der Waals surface area contributed by atoms with E-state index in [1.54, 1.807) is 30.1 Å². The van der Waals surface area contributed by atoms with Gasteiger partial charge in [0, 0.05) is 38.8 Å². The van der Waals surface area contributed by atoms with Gasteiger partial charge >= 0.3 is 6.03 Å². The van der Waals surface area contributed by atoms with Crippen LogP contribution in [0.25, 0.3) is 5.82 Å². The molecule has 0 aliphatic carbocycles. The summed E-state index contributed by atoms with van der Waals surface area (Å²) in [6, 6.07) is 7.36. The van der Waals surface area contributed by atoms with Crippen LogP contribution in [0.4, 0.5) is 10.6 Å². The smallest absolute Gasteiger partial charge is 0.317 e. The molecule has 1 fully saturated rings. The van der Waals surface area contributed by atoms with Crippen LogP contribution in [0.5, 0.6) is 11.5 Å². The van der Waals surface area contributed by atoms with Crippen molar-refractivity contribution in [1.29, 1.82) is 0 Å². The van der Waals surface area contributed by atoms with Crippen molar-refractivity contribution in [1.82, 2.24) is 34.9 Å². The number of hydrogen-bond acceptors (Lipinski definition) is 8. The maximum atomic E-state index is 12.6. The molecule has 1 saturated heterocycles. The number of carbonyl (C=O) groups excluding carboxylic acids is 1. The van der Waals surface area contributed by atoms with Crippen LogP contribution < -0.4 is 19.7 Å². The number of amides is 2. The standard InChI is InChI=1S/C20H24N8O3/c1-30-16-4-3-15(9-17(16)31-2)11-22-20(29)27-7-5-26(6-8-27)18-10-19(24-13-23-18)28-14-21-12-25-28/h3-4,9-10,12-14H,5-8,11H2,1-2H3,(H,22,29). The lowest BCUT2D eigenvalue weighted by Gasteiger charge is -2.35. The molecule has 1 N–H and O–H groups in total. The second-order valence-corrected chi connectivity index (χ2v) is 6.90. The summed E-state index contributed by atoms with van der Waals surface area (Å²) < 4.78 is 12.1. The van der Waals surface area contributed by atoms with Gasteiger partial charge in [0.05, 0.1) is 14.2 Å². The summed E-state index contributed by atoms with van der Waals surface area (Å²) in [7, 11) is 3.18. The van der Waals surface area contributed by atoms with Crippen LogP contribution >= 0.6 is 0 Å².